The van der Waals surface area contributed by atoms with Crippen molar-refractivity contribution in [1.29, 1.82) is 0 Å². The second-order valence-electron chi connectivity index (χ2n) is 5.27. The van der Waals surface area contributed by atoms with Crippen molar-refractivity contribution in [2.45, 2.75) is 20.0 Å². The Hall–Kier alpha value is -1.46. The van der Waals surface area contributed by atoms with E-state index in [0.717, 1.165) is 40.6 Å². The Labute approximate surface area is 132 Å². The maximum atomic E-state index is 5.64. The molecule has 0 atom stereocenters. The highest BCUT2D eigenvalue weighted by Crippen LogP contribution is 2.36. The van der Waals surface area contributed by atoms with E-state index in [2.05, 4.69) is 27.9 Å². The molecule has 0 unspecified atom stereocenters. The van der Waals surface area contributed by atoms with Gasteiger partial charge in [-0.3, -0.25) is 4.90 Å². The Morgan fingerprint density at radius 1 is 1.10 bits per heavy atom. The molecule has 0 spiro atoms. The maximum absolute atomic E-state index is 5.64. The molecule has 5 heteroatoms. The number of rotatable bonds is 4. The lowest BCUT2D eigenvalue weighted by Crippen LogP contribution is -2.19. The zero-order valence-corrected chi connectivity index (χ0v) is 13.8. The van der Waals surface area contributed by atoms with Crippen LogP contribution in [0.1, 0.15) is 17.1 Å². The van der Waals surface area contributed by atoms with Crippen LogP contribution in [0.4, 0.5) is 0 Å². The van der Waals surface area contributed by atoms with Crippen LogP contribution in [0, 0.1) is 6.92 Å². The van der Waals surface area contributed by atoms with Crippen LogP contribution >= 0.6 is 15.9 Å². The fourth-order valence-corrected chi connectivity index (χ4v) is 2.86. The van der Waals surface area contributed by atoms with E-state index in [9.17, 15) is 0 Å². The molecular weight excluding hydrogens is 334 g/mol. The lowest BCUT2D eigenvalue weighted by Gasteiger charge is -2.22. The summed E-state index contributed by atoms with van der Waals surface area (Å²) in [5, 5.41) is 0. The van der Waals surface area contributed by atoms with Gasteiger partial charge in [0, 0.05) is 11.0 Å². The van der Waals surface area contributed by atoms with Gasteiger partial charge in [-0.25, -0.2) is 0 Å². The first kappa shape index (κ1) is 14.5. The molecule has 1 aliphatic rings. The van der Waals surface area contributed by atoms with Gasteiger partial charge in [0.25, 0.3) is 0 Å². The van der Waals surface area contributed by atoms with E-state index in [0.29, 0.717) is 13.2 Å². The van der Waals surface area contributed by atoms with Crippen molar-refractivity contribution < 1.29 is 13.9 Å². The van der Waals surface area contributed by atoms with E-state index in [-0.39, 0.29) is 0 Å². The standard InChI is InChI=1S/C16H18BrNO3/c1-11-3-4-13(21-11)10-18(2)9-12-7-15-16(8-14(12)17)20-6-5-19-15/h3-4,7-8H,5-6,9-10H2,1-2H3. The quantitative estimate of drug-likeness (QED) is 0.840. The van der Waals surface area contributed by atoms with Gasteiger partial charge in [-0.15, -0.1) is 0 Å². The van der Waals surface area contributed by atoms with Crippen LogP contribution in [0.2, 0.25) is 0 Å². The molecule has 0 saturated heterocycles. The number of fused-ring (bicyclic) bond motifs is 1. The van der Waals surface area contributed by atoms with Gasteiger partial charge >= 0.3 is 0 Å². The largest absolute Gasteiger partial charge is 0.486 e. The number of aryl methyl sites for hydroxylation is 1. The van der Waals surface area contributed by atoms with Crippen LogP contribution in [0.3, 0.4) is 0 Å². The summed E-state index contributed by atoms with van der Waals surface area (Å²) in [6.45, 7) is 4.75. The van der Waals surface area contributed by atoms with Crippen molar-refractivity contribution in [1.82, 2.24) is 4.90 Å². The predicted octanol–water partition coefficient (Wildman–Crippen LogP) is 3.75. The monoisotopic (exact) mass is 351 g/mol. The number of halogens is 1. The summed E-state index contributed by atoms with van der Waals surface area (Å²) >= 11 is 3.61. The number of nitrogens with zero attached hydrogens (tertiary/aromatic N) is 1. The minimum atomic E-state index is 0.607. The summed E-state index contributed by atoms with van der Waals surface area (Å²) in [6.07, 6.45) is 0. The van der Waals surface area contributed by atoms with Gasteiger partial charge in [-0.2, -0.15) is 0 Å². The van der Waals surface area contributed by atoms with Crippen molar-refractivity contribution in [3.05, 3.63) is 45.8 Å². The average molecular weight is 352 g/mol. The van der Waals surface area contributed by atoms with Gasteiger partial charge in [-0.1, -0.05) is 15.9 Å². The molecule has 0 radical (unpaired) electrons. The Bertz CT molecular complexity index is 638. The highest BCUT2D eigenvalue weighted by atomic mass is 79.9. The number of hydrogen-bond acceptors (Lipinski definition) is 4. The van der Waals surface area contributed by atoms with E-state index in [4.69, 9.17) is 13.9 Å². The highest BCUT2D eigenvalue weighted by molar-refractivity contribution is 9.10. The van der Waals surface area contributed by atoms with Gasteiger partial charge in [0.2, 0.25) is 0 Å². The third-order valence-electron chi connectivity index (χ3n) is 3.37. The Balaban J connectivity index is 1.71. The highest BCUT2D eigenvalue weighted by Gasteiger charge is 2.16. The lowest BCUT2D eigenvalue weighted by atomic mass is 10.2. The normalized spacial score (nSPS) is 13.7. The summed E-state index contributed by atoms with van der Waals surface area (Å²) in [6, 6.07) is 8.03. The summed E-state index contributed by atoms with van der Waals surface area (Å²) in [4.78, 5) is 2.20. The summed E-state index contributed by atoms with van der Waals surface area (Å²) in [5.74, 6) is 3.55. The van der Waals surface area contributed by atoms with E-state index in [1.807, 2.05) is 31.2 Å². The maximum Gasteiger partial charge on any atom is 0.162 e. The first-order chi connectivity index (χ1) is 10.1. The Morgan fingerprint density at radius 2 is 1.81 bits per heavy atom. The zero-order valence-electron chi connectivity index (χ0n) is 12.2. The SMILES string of the molecule is Cc1ccc(CN(C)Cc2cc3c(cc2Br)OCCO3)o1. The van der Waals surface area contributed by atoms with Crippen LogP contribution in [0.5, 0.6) is 11.5 Å². The molecule has 112 valence electrons. The number of ether oxygens (including phenoxy) is 2. The molecule has 0 aliphatic carbocycles. The fraction of sp³-hybridized carbons (Fsp3) is 0.375. The van der Waals surface area contributed by atoms with Gasteiger partial charge in [-0.05, 0) is 43.8 Å². The topological polar surface area (TPSA) is 34.8 Å². The Kier molecular flexibility index (Phi) is 4.22. The van der Waals surface area contributed by atoms with Crippen molar-refractivity contribution in [2.24, 2.45) is 0 Å². The van der Waals surface area contributed by atoms with Gasteiger partial charge < -0.3 is 13.9 Å². The molecule has 1 aliphatic heterocycles. The van der Waals surface area contributed by atoms with Crippen LogP contribution in [-0.4, -0.2) is 25.2 Å². The van der Waals surface area contributed by atoms with E-state index in [1.165, 1.54) is 5.56 Å². The first-order valence-electron chi connectivity index (χ1n) is 6.93. The molecule has 0 bridgehead atoms. The third kappa shape index (κ3) is 3.41. The van der Waals surface area contributed by atoms with E-state index < -0.39 is 0 Å². The summed E-state index contributed by atoms with van der Waals surface area (Å²) in [5.41, 5.74) is 1.17. The van der Waals surface area contributed by atoms with Crippen molar-refractivity contribution in [2.75, 3.05) is 20.3 Å². The summed E-state index contributed by atoms with van der Waals surface area (Å²) in [7, 11) is 2.07. The second-order valence-corrected chi connectivity index (χ2v) is 6.13. The van der Waals surface area contributed by atoms with Gasteiger partial charge in [0.15, 0.2) is 11.5 Å². The summed E-state index contributed by atoms with van der Waals surface area (Å²) < 4.78 is 17.9. The van der Waals surface area contributed by atoms with Gasteiger partial charge in [0.1, 0.15) is 24.7 Å². The van der Waals surface area contributed by atoms with Crippen LogP contribution in [0.25, 0.3) is 0 Å². The number of benzene rings is 1. The van der Waals surface area contributed by atoms with Crippen molar-refractivity contribution >= 4 is 15.9 Å². The second kappa shape index (κ2) is 6.12. The van der Waals surface area contributed by atoms with Crippen LogP contribution < -0.4 is 9.47 Å². The molecular formula is C16H18BrNO3. The first-order valence-corrected chi connectivity index (χ1v) is 7.73. The molecule has 21 heavy (non-hydrogen) atoms. The third-order valence-corrected chi connectivity index (χ3v) is 4.11. The number of furan rings is 1. The van der Waals surface area contributed by atoms with E-state index >= 15 is 0 Å². The minimum absolute atomic E-state index is 0.607. The molecule has 0 amide bonds. The molecule has 2 aromatic rings. The molecule has 1 aromatic heterocycles. The smallest absolute Gasteiger partial charge is 0.162 e. The van der Waals surface area contributed by atoms with Gasteiger partial charge in [0.05, 0.1) is 6.54 Å². The Morgan fingerprint density at radius 3 is 2.48 bits per heavy atom. The van der Waals surface area contributed by atoms with Crippen molar-refractivity contribution in [3.8, 4) is 11.5 Å². The molecule has 1 aromatic carbocycles. The fourth-order valence-electron chi connectivity index (χ4n) is 2.41. The van der Waals surface area contributed by atoms with Crippen LogP contribution in [0.15, 0.2) is 33.2 Å². The average Bonchev–Trinajstić information content (AvgIpc) is 2.85. The predicted molar refractivity (Wildman–Crippen MR) is 83.7 cm³/mol. The number of hydrogen-bond donors (Lipinski definition) is 0. The van der Waals surface area contributed by atoms with E-state index in [1.54, 1.807) is 0 Å². The molecule has 4 nitrogen and oxygen atoms in total. The molecule has 2 heterocycles. The zero-order chi connectivity index (χ0) is 14.8. The minimum Gasteiger partial charge on any atom is -0.486 e. The van der Waals surface area contributed by atoms with Crippen LogP contribution in [-0.2, 0) is 13.1 Å². The van der Waals surface area contributed by atoms with Crippen molar-refractivity contribution in [3.63, 3.8) is 0 Å². The molecule has 3 rings (SSSR count). The lowest BCUT2D eigenvalue weighted by molar-refractivity contribution is 0.171. The molecule has 0 N–H and O–H groups in total. The molecule has 0 fully saturated rings. The molecule has 0 saturated carbocycles.